The number of amides is 2. The molecule has 28 heteroatoms. The summed E-state index contributed by atoms with van der Waals surface area (Å²) in [6.45, 7) is 2.44. The van der Waals surface area contributed by atoms with Gasteiger partial charge in [-0.1, -0.05) is 147 Å². The summed E-state index contributed by atoms with van der Waals surface area (Å²) in [6, 6.07) is 0. The van der Waals surface area contributed by atoms with Crippen molar-refractivity contribution in [1.29, 1.82) is 0 Å². The minimum absolute atomic E-state index is 0.0177. The highest BCUT2D eigenvalue weighted by Gasteiger charge is 2.47. The number of rotatable bonds is 42. The van der Waals surface area contributed by atoms with E-state index in [9.17, 15) is 57.9 Å². The number of nitrogens with two attached hydrogens (primary N) is 1. The van der Waals surface area contributed by atoms with Crippen molar-refractivity contribution in [2.75, 3.05) is 37.8 Å². The third-order valence-electron chi connectivity index (χ3n) is 12.4. The number of carbonyl (C=O) groups is 3. The number of aliphatic hydroxyl groups excluding tert-OH is 2. The van der Waals surface area contributed by atoms with E-state index in [2.05, 4.69) is 62.5 Å². The molecule has 430 valence electrons. The molecule has 2 aromatic rings. The number of unbranched alkanes of at least 4 members (excludes halogenated alkanes) is 19. The van der Waals surface area contributed by atoms with Crippen molar-refractivity contribution in [1.82, 2.24) is 30.2 Å². The molecule has 0 aliphatic carbocycles. The van der Waals surface area contributed by atoms with Crippen LogP contribution in [0.4, 0.5) is 5.82 Å². The predicted octanol–water partition coefficient (Wildman–Crippen LogP) is 5.30. The second kappa shape index (κ2) is 35.0. The Morgan fingerprint density at radius 1 is 0.813 bits per heavy atom. The van der Waals surface area contributed by atoms with E-state index < -0.39 is 84.6 Å². The number of thioether (sulfide) groups is 1. The van der Waals surface area contributed by atoms with Gasteiger partial charge in [-0.3, -0.25) is 28.1 Å². The van der Waals surface area contributed by atoms with Crippen LogP contribution in [0.1, 0.15) is 175 Å². The summed E-state index contributed by atoms with van der Waals surface area (Å²) in [5.74, 6) is -1.13. The lowest BCUT2D eigenvalue weighted by atomic mass is 9.87. The first-order valence-corrected chi connectivity index (χ1v) is 31.5. The fraction of sp³-hybridized carbons (Fsp3) is 0.787. The van der Waals surface area contributed by atoms with E-state index in [1.54, 1.807) is 0 Å². The summed E-state index contributed by atoms with van der Waals surface area (Å²) in [5, 5.41) is 26.6. The molecule has 3 rings (SSSR count). The number of aromatic nitrogens is 4. The van der Waals surface area contributed by atoms with Crippen LogP contribution in [0.5, 0.6) is 0 Å². The number of ether oxygens (including phenoxy) is 1. The van der Waals surface area contributed by atoms with Crippen molar-refractivity contribution in [3.05, 3.63) is 24.8 Å². The molecule has 24 nitrogen and oxygen atoms in total. The Labute approximate surface area is 445 Å². The molecule has 1 aliphatic rings. The van der Waals surface area contributed by atoms with E-state index in [0.29, 0.717) is 12.2 Å². The number of anilines is 1. The van der Waals surface area contributed by atoms with E-state index in [1.807, 2.05) is 0 Å². The molecule has 0 spiro atoms. The average molecular weight is 1140 g/mol. The Hall–Kier alpha value is -2.70. The number of carbonyl (C=O) groups excluding carboxylic acids is 3. The van der Waals surface area contributed by atoms with E-state index in [-0.39, 0.29) is 41.6 Å². The Morgan fingerprint density at radius 3 is 1.96 bits per heavy atom. The lowest BCUT2D eigenvalue weighted by Gasteiger charge is -2.36. The number of nitrogen functional groups attached to an aromatic ring is 1. The van der Waals surface area contributed by atoms with E-state index in [0.717, 1.165) is 48.2 Å². The van der Waals surface area contributed by atoms with Gasteiger partial charge in [-0.15, -0.1) is 0 Å². The molecule has 3 heterocycles. The van der Waals surface area contributed by atoms with Gasteiger partial charge in [0.25, 0.3) is 15.6 Å². The smallest absolute Gasteiger partial charge is 0.274 e. The van der Waals surface area contributed by atoms with Crippen LogP contribution in [0.2, 0.25) is 0 Å². The number of nitrogens with one attached hydrogen (secondary N) is 2. The van der Waals surface area contributed by atoms with E-state index in [4.69, 9.17) is 10.5 Å². The highest BCUT2D eigenvalue weighted by molar-refractivity contribution is 8.13. The Kier molecular flexibility index (Phi) is 31.1. The number of imidazole rings is 1. The van der Waals surface area contributed by atoms with Gasteiger partial charge in [0.05, 0.1) is 27.4 Å². The van der Waals surface area contributed by atoms with Gasteiger partial charge < -0.3 is 69.0 Å². The highest BCUT2D eigenvalue weighted by atomic mass is 32.2. The molecular weight excluding hydrogens is 1060 g/mol. The SMILES string of the molecule is CCCCCCCC/C=C\CCCCCCCCCCCCCCCC(=O)SCCNC(=O)CCNC(=O)[C@H](O)C(C)(C)COP(=O)([O-])OP(=O)([O-])OC[C@H]1O[C@@H](n2cnc3c(N)ncnc32)[C@H](O)[C@@H]1OP(=O)([O-])[O-]. The van der Waals surface area contributed by atoms with Gasteiger partial charge in [0.15, 0.2) is 22.8 Å². The van der Waals surface area contributed by atoms with E-state index >= 15 is 0 Å². The minimum atomic E-state index is -5.92. The largest absolute Gasteiger partial charge is 0.790 e. The first-order valence-electron chi connectivity index (χ1n) is 26.2. The first kappa shape index (κ1) is 66.6. The van der Waals surface area contributed by atoms with E-state index in [1.165, 1.54) is 129 Å². The van der Waals surface area contributed by atoms with Crippen molar-refractivity contribution in [3.8, 4) is 0 Å². The van der Waals surface area contributed by atoms with Crippen LogP contribution >= 0.6 is 35.2 Å². The number of phosphoric acid groups is 3. The Bertz CT molecular complexity index is 2190. The molecule has 0 bridgehead atoms. The van der Waals surface area contributed by atoms with Crippen molar-refractivity contribution < 1.29 is 80.5 Å². The van der Waals surface area contributed by atoms with Crippen LogP contribution in [0, 0.1) is 5.41 Å². The predicted molar refractivity (Wildman–Crippen MR) is 275 cm³/mol. The van der Waals surface area contributed by atoms with Gasteiger partial charge in [0.1, 0.15) is 36.3 Å². The molecule has 2 amide bonds. The third-order valence-corrected chi connectivity index (χ3v) is 16.3. The van der Waals surface area contributed by atoms with Crippen molar-refractivity contribution in [3.63, 3.8) is 0 Å². The topological polar surface area (TPSA) is 375 Å². The number of allylic oxidation sites excluding steroid dienone is 2. The van der Waals surface area contributed by atoms with Crippen LogP contribution < -0.4 is 35.9 Å². The van der Waals surface area contributed by atoms with Crippen molar-refractivity contribution >= 4 is 69.1 Å². The number of hydrogen-bond donors (Lipinski definition) is 5. The molecule has 2 unspecified atom stereocenters. The van der Waals surface area contributed by atoms with Crippen LogP contribution in [0.25, 0.3) is 11.2 Å². The summed E-state index contributed by atoms with van der Waals surface area (Å²) in [7, 11) is -17.6. The normalized spacial score (nSPS) is 19.3. The summed E-state index contributed by atoms with van der Waals surface area (Å²) in [4.78, 5) is 97.1. The number of phosphoric ester groups is 3. The molecule has 2 aromatic heterocycles. The molecule has 1 aliphatic heterocycles. The van der Waals surface area contributed by atoms with Gasteiger partial charge in [0, 0.05) is 37.1 Å². The maximum absolute atomic E-state index is 12.7. The zero-order valence-corrected chi connectivity index (χ0v) is 47.1. The molecule has 6 N–H and O–H groups in total. The van der Waals surface area contributed by atoms with Gasteiger partial charge in [-0.05, 0) is 32.1 Å². The first-order chi connectivity index (χ1) is 35.6. The Morgan fingerprint density at radius 2 is 1.37 bits per heavy atom. The lowest BCUT2D eigenvalue weighted by molar-refractivity contribution is -0.347. The highest BCUT2D eigenvalue weighted by Crippen LogP contribution is 2.56. The number of aliphatic hydroxyl groups is 2. The molecule has 1 saturated heterocycles. The maximum Gasteiger partial charge on any atom is 0.274 e. The molecule has 7 atom stereocenters. The van der Waals surface area contributed by atoms with Crippen LogP contribution in [0.15, 0.2) is 24.8 Å². The molecule has 0 saturated carbocycles. The fourth-order valence-electron chi connectivity index (χ4n) is 8.10. The lowest BCUT2D eigenvalue weighted by Crippen LogP contribution is -2.46. The van der Waals surface area contributed by atoms with Gasteiger partial charge in [-0.25, -0.2) is 19.3 Å². The van der Waals surface area contributed by atoms with Crippen molar-refractivity contribution in [2.24, 2.45) is 5.41 Å². The third kappa shape index (κ3) is 27.2. The molecule has 0 aromatic carbocycles. The number of fused-ring (bicyclic) bond motifs is 1. The minimum Gasteiger partial charge on any atom is -0.790 e. The zero-order valence-electron chi connectivity index (χ0n) is 43.6. The van der Waals surface area contributed by atoms with Gasteiger partial charge >= 0.3 is 0 Å². The standard InChI is InChI=1S/C47H84N7O17P3S/c1-4-5-6-7-8-9-10-11-12-13-14-15-16-17-18-19-20-21-22-23-24-25-26-27-38(56)75-31-30-49-37(55)28-29-50-45(59)42(58)47(2,3)33-68-74(65,66)71-73(63,64)67-32-36-41(70-72(60,61)62)40(57)46(69-36)54-35-53-39-43(48)51-34-52-44(39)54/h11-12,34-36,40-42,46,57-58H,4-10,13-33H2,1-3H3,(H,49,55)(H,50,59)(H,63,64)(H,65,66)(H2,48,51,52)(H2,60,61,62)/p-4/b12-11-/t36-,40-,41-,42+,46-/m1/s1. The van der Waals surface area contributed by atoms with Gasteiger partial charge in [0.2, 0.25) is 11.8 Å². The Balaban J connectivity index is 1.20. The fourth-order valence-corrected chi connectivity index (χ4v) is 11.6. The summed E-state index contributed by atoms with van der Waals surface area (Å²) < 4.78 is 61.0. The maximum atomic E-state index is 12.7. The summed E-state index contributed by atoms with van der Waals surface area (Å²) >= 11 is 1.15. The number of nitrogens with zero attached hydrogens (tertiary/aromatic N) is 4. The van der Waals surface area contributed by atoms with Crippen molar-refractivity contribution in [2.45, 2.75) is 199 Å². The molecule has 75 heavy (non-hydrogen) atoms. The van der Waals surface area contributed by atoms with Gasteiger partial charge in [-0.2, -0.15) is 0 Å². The molecular formula is C47H80N7O17P3S-4. The zero-order chi connectivity index (χ0) is 55.3. The van der Waals surface area contributed by atoms with Crippen LogP contribution in [-0.4, -0.2) is 103 Å². The second-order valence-electron chi connectivity index (χ2n) is 19.4. The van der Waals surface area contributed by atoms with Crippen LogP contribution in [0.3, 0.4) is 0 Å². The number of hydrogen-bond acceptors (Lipinski definition) is 22. The average Bonchev–Trinajstić information content (AvgIpc) is 3.91. The quantitative estimate of drug-likeness (QED) is 0.0320. The summed E-state index contributed by atoms with van der Waals surface area (Å²) in [6.07, 6.45) is 24.1. The monoisotopic (exact) mass is 1140 g/mol. The van der Waals surface area contributed by atoms with Crippen LogP contribution in [-0.2, 0) is 50.7 Å². The molecule has 0 radical (unpaired) electrons. The molecule has 1 fully saturated rings. The second-order valence-corrected chi connectivity index (χ2v) is 24.6. The summed E-state index contributed by atoms with van der Waals surface area (Å²) in [5.41, 5.74) is 4.10.